The van der Waals surface area contributed by atoms with Crippen LogP contribution in [-0.4, -0.2) is 16.8 Å². The number of ether oxygens (including phenoxy) is 1. The molecular weight excluding hydrogens is 468 g/mol. The van der Waals surface area contributed by atoms with E-state index in [-0.39, 0.29) is 32.1 Å². The molecule has 0 spiro atoms. The van der Waals surface area contributed by atoms with Crippen LogP contribution in [0.2, 0.25) is 0 Å². The lowest BCUT2D eigenvalue weighted by Crippen LogP contribution is -2.21. The zero-order valence-electron chi connectivity index (χ0n) is 18.1. The Morgan fingerprint density at radius 3 is 1.68 bits per heavy atom. The molecule has 0 unspecified atom stereocenters. The quantitative estimate of drug-likeness (QED) is 0.325. The molecule has 3 aromatic carbocycles. The van der Waals surface area contributed by atoms with Crippen molar-refractivity contribution >= 4 is 42.8 Å². The SMILES string of the molecule is CCOc1ccc(C(c2c(O)sc3ccccc3c2=O)c2c(O)sc3ccccc3c2=O)cc1. The molecule has 0 amide bonds. The smallest absolute Gasteiger partial charge is 0.195 e. The predicted octanol–water partition coefficient (Wildman–Crippen LogP) is 5.83. The topological polar surface area (TPSA) is 83.8 Å². The summed E-state index contributed by atoms with van der Waals surface area (Å²) in [6, 6.07) is 21.1. The molecule has 5 aromatic rings. The number of benzene rings is 3. The van der Waals surface area contributed by atoms with Gasteiger partial charge in [0.15, 0.2) is 21.0 Å². The van der Waals surface area contributed by atoms with E-state index < -0.39 is 5.92 Å². The number of hydrogen-bond donors (Lipinski definition) is 2. The maximum absolute atomic E-state index is 13.6. The van der Waals surface area contributed by atoms with Gasteiger partial charge in [0.2, 0.25) is 0 Å². The van der Waals surface area contributed by atoms with Crippen molar-refractivity contribution in [3.8, 4) is 15.9 Å². The van der Waals surface area contributed by atoms with Crippen molar-refractivity contribution < 1.29 is 14.9 Å². The second kappa shape index (κ2) is 8.93. The molecule has 0 saturated carbocycles. The number of hydrogen-bond acceptors (Lipinski definition) is 7. The van der Waals surface area contributed by atoms with Crippen LogP contribution in [0, 0.1) is 0 Å². The first kappa shape index (κ1) is 22.1. The van der Waals surface area contributed by atoms with Crippen LogP contribution in [0.15, 0.2) is 82.4 Å². The highest BCUT2D eigenvalue weighted by Gasteiger charge is 2.30. The molecule has 7 heteroatoms. The fraction of sp³-hybridized carbons (Fsp3) is 0.111. The van der Waals surface area contributed by atoms with E-state index in [1.165, 1.54) is 0 Å². The van der Waals surface area contributed by atoms with E-state index in [0.29, 0.717) is 38.1 Å². The van der Waals surface area contributed by atoms with Gasteiger partial charge in [0.05, 0.1) is 23.7 Å². The van der Waals surface area contributed by atoms with Gasteiger partial charge in [-0.05, 0) is 48.9 Å². The van der Waals surface area contributed by atoms with Crippen LogP contribution in [0.1, 0.15) is 29.5 Å². The van der Waals surface area contributed by atoms with Gasteiger partial charge in [-0.2, -0.15) is 0 Å². The second-order valence-corrected chi connectivity index (χ2v) is 9.79. The van der Waals surface area contributed by atoms with Crippen LogP contribution in [0.5, 0.6) is 15.9 Å². The maximum Gasteiger partial charge on any atom is 0.195 e. The Bertz CT molecular complexity index is 1530. The highest BCUT2D eigenvalue weighted by atomic mass is 32.1. The summed E-state index contributed by atoms with van der Waals surface area (Å²) in [5.74, 6) is -0.317. The third kappa shape index (κ3) is 3.73. The fourth-order valence-electron chi connectivity index (χ4n) is 4.20. The lowest BCUT2D eigenvalue weighted by Gasteiger charge is -2.20. The first-order chi connectivity index (χ1) is 16.5. The second-order valence-electron chi connectivity index (χ2n) is 7.73. The number of fused-ring (bicyclic) bond motifs is 2. The molecule has 2 heterocycles. The highest BCUT2D eigenvalue weighted by Crippen LogP contribution is 2.43. The lowest BCUT2D eigenvalue weighted by atomic mass is 9.85. The van der Waals surface area contributed by atoms with E-state index in [1.54, 1.807) is 72.8 Å². The molecule has 2 aromatic heterocycles. The Hall–Kier alpha value is -3.68. The van der Waals surface area contributed by atoms with Crippen molar-refractivity contribution in [3.05, 3.63) is 110 Å². The summed E-state index contributed by atoms with van der Waals surface area (Å²) in [6.07, 6.45) is 0. The van der Waals surface area contributed by atoms with E-state index in [2.05, 4.69) is 0 Å². The zero-order chi connectivity index (χ0) is 23.8. The average molecular weight is 489 g/mol. The lowest BCUT2D eigenvalue weighted by molar-refractivity contribution is 0.340. The van der Waals surface area contributed by atoms with E-state index >= 15 is 0 Å². The van der Waals surface area contributed by atoms with Gasteiger partial charge in [-0.15, -0.1) is 0 Å². The molecule has 0 saturated heterocycles. The van der Waals surface area contributed by atoms with Crippen LogP contribution in [0.4, 0.5) is 0 Å². The highest BCUT2D eigenvalue weighted by molar-refractivity contribution is 7.20. The molecule has 0 radical (unpaired) electrons. The Balaban J connectivity index is 1.85. The van der Waals surface area contributed by atoms with Crippen molar-refractivity contribution in [3.63, 3.8) is 0 Å². The minimum absolute atomic E-state index is 0.0720. The number of aromatic hydroxyl groups is 2. The van der Waals surface area contributed by atoms with Gasteiger partial charge in [0.1, 0.15) is 5.75 Å². The largest absolute Gasteiger partial charge is 0.499 e. The monoisotopic (exact) mass is 488 g/mol. The minimum atomic E-state index is -0.961. The predicted molar refractivity (Wildman–Crippen MR) is 138 cm³/mol. The molecule has 34 heavy (non-hydrogen) atoms. The van der Waals surface area contributed by atoms with Gasteiger partial charge in [0.25, 0.3) is 0 Å². The normalized spacial score (nSPS) is 11.4. The van der Waals surface area contributed by atoms with E-state index in [1.807, 2.05) is 6.92 Å². The van der Waals surface area contributed by atoms with Gasteiger partial charge < -0.3 is 14.9 Å². The Morgan fingerprint density at radius 2 is 1.21 bits per heavy atom. The van der Waals surface area contributed by atoms with Crippen LogP contribution in [0.3, 0.4) is 0 Å². The fourth-order valence-corrected chi connectivity index (χ4v) is 6.09. The summed E-state index contributed by atoms with van der Waals surface area (Å²) >= 11 is 2.15. The summed E-state index contributed by atoms with van der Waals surface area (Å²) in [5.41, 5.74) is -0.0101. The van der Waals surface area contributed by atoms with Gasteiger partial charge in [-0.1, -0.05) is 59.1 Å². The van der Waals surface area contributed by atoms with Crippen molar-refractivity contribution in [1.29, 1.82) is 0 Å². The van der Waals surface area contributed by atoms with Crippen molar-refractivity contribution in [1.82, 2.24) is 0 Å². The summed E-state index contributed by atoms with van der Waals surface area (Å²) < 4.78 is 6.84. The Labute approximate surface area is 202 Å². The van der Waals surface area contributed by atoms with Crippen molar-refractivity contribution in [2.24, 2.45) is 0 Å². The molecule has 0 fully saturated rings. The summed E-state index contributed by atoms with van der Waals surface area (Å²) in [6.45, 7) is 2.38. The van der Waals surface area contributed by atoms with Gasteiger partial charge in [-0.25, -0.2) is 0 Å². The minimum Gasteiger partial charge on any atom is -0.499 e. The molecule has 0 aliphatic rings. The number of rotatable bonds is 5. The third-order valence-electron chi connectivity index (χ3n) is 5.73. The Kier molecular flexibility index (Phi) is 5.81. The summed E-state index contributed by atoms with van der Waals surface area (Å²) in [4.78, 5) is 27.3. The van der Waals surface area contributed by atoms with Crippen molar-refractivity contribution in [2.75, 3.05) is 6.61 Å². The van der Waals surface area contributed by atoms with Gasteiger partial charge in [-0.3, -0.25) is 9.59 Å². The standard InChI is InChI=1S/C27H20O5S2/c1-2-32-16-13-11-15(12-14-16)21(22-24(28)17-7-3-5-9-19(17)33-26(22)30)23-25(29)18-8-4-6-10-20(18)34-27(23)31/h3-14,21,30-31H,2H2,1H3. The average Bonchev–Trinajstić information content (AvgIpc) is 2.84. The molecule has 0 aliphatic heterocycles. The molecule has 0 bridgehead atoms. The first-order valence-electron chi connectivity index (χ1n) is 10.7. The zero-order valence-corrected chi connectivity index (χ0v) is 19.8. The van der Waals surface area contributed by atoms with Crippen LogP contribution >= 0.6 is 22.7 Å². The van der Waals surface area contributed by atoms with E-state index in [9.17, 15) is 19.8 Å². The van der Waals surface area contributed by atoms with E-state index in [0.717, 1.165) is 22.7 Å². The van der Waals surface area contributed by atoms with Crippen LogP contribution in [-0.2, 0) is 0 Å². The molecular formula is C27H20O5S2. The Morgan fingerprint density at radius 1 is 0.735 bits per heavy atom. The third-order valence-corrected chi connectivity index (χ3v) is 7.71. The molecule has 5 nitrogen and oxygen atoms in total. The molecule has 170 valence electrons. The van der Waals surface area contributed by atoms with Crippen LogP contribution < -0.4 is 15.6 Å². The van der Waals surface area contributed by atoms with Crippen LogP contribution in [0.25, 0.3) is 20.2 Å². The van der Waals surface area contributed by atoms with Gasteiger partial charge in [0, 0.05) is 20.2 Å². The maximum atomic E-state index is 13.6. The summed E-state index contributed by atoms with van der Waals surface area (Å²) in [7, 11) is 0. The van der Waals surface area contributed by atoms with E-state index in [4.69, 9.17) is 4.74 Å². The molecule has 5 rings (SSSR count). The molecule has 0 aliphatic carbocycles. The molecule has 0 atom stereocenters. The first-order valence-corrected chi connectivity index (χ1v) is 12.3. The van der Waals surface area contributed by atoms with Crippen molar-refractivity contribution in [2.45, 2.75) is 12.8 Å². The molecule has 2 N–H and O–H groups in total. The van der Waals surface area contributed by atoms with Gasteiger partial charge >= 0.3 is 0 Å². The summed E-state index contributed by atoms with van der Waals surface area (Å²) in [5, 5.41) is 22.6.